The van der Waals surface area contributed by atoms with E-state index in [2.05, 4.69) is 55.1 Å². The van der Waals surface area contributed by atoms with Crippen LogP contribution in [0.5, 0.6) is 0 Å². The normalized spacial score (nSPS) is 11.9. The summed E-state index contributed by atoms with van der Waals surface area (Å²) < 4.78 is 0. The highest BCUT2D eigenvalue weighted by Crippen LogP contribution is 2.17. The summed E-state index contributed by atoms with van der Waals surface area (Å²) in [6, 6.07) is 2.04. The van der Waals surface area contributed by atoms with E-state index in [9.17, 15) is 0 Å². The summed E-state index contributed by atoms with van der Waals surface area (Å²) in [4.78, 5) is 11.0. The number of hydrogen-bond donors (Lipinski definition) is 1. The van der Waals surface area contributed by atoms with Gasteiger partial charge in [-0.2, -0.15) is 0 Å². The average Bonchev–Trinajstić information content (AvgIpc) is 2.24. The zero-order valence-corrected chi connectivity index (χ0v) is 12.5. The van der Waals surface area contributed by atoms with E-state index in [0.717, 1.165) is 36.8 Å². The fourth-order valence-electron chi connectivity index (χ4n) is 2.14. The van der Waals surface area contributed by atoms with E-state index in [1.165, 1.54) is 0 Å². The molecule has 0 fully saturated rings. The molecule has 1 rings (SSSR count). The molecule has 18 heavy (non-hydrogen) atoms. The molecule has 0 spiro atoms. The molecular weight excluding hydrogens is 224 g/mol. The molecule has 4 heteroatoms. The molecule has 0 radical (unpaired) electrons. The van der Waals surface area contributed by atoms with E-state index in [-0.39, 0.29) is 5.41 Å². The lowest BCUT2D eigenvalue weighted by molar-refractivity contribution is 0.254. The zero-order valence-electron chi connectivity index (χ0n) is 12.5. The molecule has 1 aromatic heterocycles. The van der Waals surface area contributed by atoms with E-state index < -0.39 is 0 Å². The van der Waals surface area contributed by atoms with Gasteiger partial charge in [-0.25, -0.2) is 9.97 Å². The highest BCUT2D eigenvalue weighted by Gasteiger charge is 2.18. The largest absolute Gasteiger partial charge is 0.369 e. The molecule has 0 aromatic carbocycles. The SMILES string of the molecule is CCc1cc(NCC(C)(C)CN(C)C)nc(C)n1. The molecule has 1 heterocycles. The van der Waals surface area contributed by atoms with Gasteiger partial charge < -0.3 is 10.2 Å². The minimum Gasteiger partial charge on any atom is -0.369 e. The van der Waals surface area contributed by atoms with Gasteiger partial charge >= 0.3 is 0 Å². The van der Waals surface area contributed by atoms with Crippen LogP contribution in [0.4, 0.5) is 5.82 Å². The Bertz CT molecular complexity index is 385. The molecule has 0 aliphatic carbocycles. The molecule has 1 N–H and O–H groups in total. The van der Waals surface area contributed by atoms with Crippen molar-refractivity contribution in [1.82, 2.24) is 14.9 Å². The van der Waals surface area contributed by atoms with E-state index in [1.54, 1.807) is 0 Å². The highest BCUT2D eigenvalue weighted by atomic mass is 15.1. The van der Waals surface area contributed by atoms with Crippen molar-refractivity contribution < 1.29 is 0 Å². The molecule has 0 amide bonds. The van der Waals surface area contributed by atoms with Gasteiger partial charge in [0.25, 0.3) is 0 Å². The molecule has 102 valence electrons. The molecule has 1 aromatic rings. The van der Waals surface area contributed by atoms with Crippen LogP contribution in [0.15, 0.2) is 6.07 Å². The summed E-state index contributed by atoms with van der Waals surface area (Å²) in [5, 5.41) is 3.43. The van der Waals surface area contributed by atoms with Gasteiger partial charge in [-0.1, -0.05) is 20.8 Å². The quantitative estimate of drug-likeness (QED) is 0.841. The molecular formula is C14H26N4. The van der Waals surface area contributed by atoms with Gasteiger partial charge in [0.1, 0.15) is 11.6 Å². The second kappa shape index (κ2) is 6.14. The number of rotatable bonds is 6. The van der Waals surface area contributed by atoms with Crippen molar-refractivity contribution in [3.8, 4) is 0 Å². The fraction of sp³-hybridized carbons (Fsp3) is 0.714. The van der Waals surface area contributed by atoms with Crippen LogP contribution in [0, 0.1) is 12.3 Å². The van der Waals surface area contributed by atoms with Gasteiger partial charge in [-0.15, -0.1) is 0 Å². The van der Waals surface area contributed by atoms with Gasteiger partial charge in [0.15, 0.2) is 0 Å². The molecule has 0 saturated heterocycles. The number of nitrogens with one attached hydrogen (secondary N) is 1. The monoisotopic (exact) mass is 250 g/mol. The van der Waals surface area contributed by atoms with Crippen molar-refractivity contribution in [2.45, 2.75) is 34.1 Å². The first kappa shape index (κ1) is 14.9. The maximum Gasteiger partial charge on any atom is 0.129 e. The van der Waals surface area contributed by atoms with Gasteiger partial charge in [-0.05, 0) is 32.9 Å². The molecule has 0 unspecified atom stereocenters. The minimum atomic E-state index is 0.217. The first-order valence-electron chi connectivity index (χ1n) is 6.55. The van der Waals surface area contributed by atoms with Crippen molar-refractivity contribution in [2.24, 2.45) is 5.41 Å². The first-order valence-corrected chi connectivity index (χ1v) is 6.55. The Balaban J connectivity index is 2.65. The lowest BCUT2D eigenvalue weighted by Gasteiger charge is -2.28. The standard InChI is InChI=1S/C14H26N4/c1-7-12-8-13(17-11(2)16-12)15-9-14(3,4)10-18(5)6/h8H,7,9-10H2,1-6H3,(H,15,16,17). The van der Waals surface area contributed by atoms with E-state index in [1.807, 2.05) is 13.0 Å². The topological polar surface area (TPSA) is 41.0 Å². The van der Waals surface area contributed by atoms with Crippen LogP contribution in [0.25, 0.3) is 0 Å². The Kier molecular flexibility index (Phi) is 5.08. The Morgan fingerprint density at radius 1 is 1.28 bits per heavy atom. The molecule has 0 aliphatic heterocycles. The molecule has 0 bridgehead atoms. The number of nitrogens with zero attached hydrogens (tertiary/aromatic N) is 3. The predicted molar refractivity (Wildman–Crippen MR) is 77.0 cm³/mol. The Labute approximate surface area is 111 Å². The third-order valence-corrected chi connectivity index (χ3v) is 2.75. The third kappa shape index (κ3) is 5.00. The van der Waals surface area contributed by atoms with Gasteiger partial charge in [0.2, 0.25) is 0 Å². The van der Waals surface area contributed by atoms with Crippen molar-refractivity contribution >= 4 is 5.82 Å². The highest BCUT2D eigenvalue weighted by molar-refractivity contribution is 5.36. The summed E-state index contributed by atoms with van der Waals surface area (Å²) >= 11 is 0. The van der Waals surface area contributed by atoms with Crippen molar-refractivity contribution in [1.29, 1.82) is 0 Å². The summed E-state index contributed by atoms with van der Waals surface area (Å²) in [5.74, 6) is 1.77. The molecule has 0 aliphatic rings. The Morgan fingerprint density at radius 3 is 2.50 bits per heavy atom. The van der Waals surface area contributed by atoms with Crippen LogP contribution in [-0.4, -0.2) is 42.1 Å². The lowest BCUT2D eigenvalue weighted by atomic mass is 9.93. The summed E-state index contributed by atoms with van der Waals surface area (Å²) in [6.07, 6.45) is 0.944. The van der Waals surface area contributed by atoms with Crippen LogP contribution < -0.4 is 5.32 Å². The number of hydrogen-bond acceptors (Lipinski definition) is 4. The fourth-order valence-corrected chi connectivity index (χ4v) is 2.14. The van der Waals surface area contributed by atoms with Crippen LogP contribution in [0.1, 0.15) is 32.3 Å². The van der Waals surface area contributed by atoms with Gasteiger partial charge in [-0.3, -0.25) is 0 Å². The summed E-state index contributed by atoms with van der Waals surface area (Å²) in [6.45, 7) is 10.5. The van der Waals surface area contributed by atoms with E-state index in [0.29, 0.717) is 0 Å². The van der Waals surface area contributed by atoms with Crippen LogP contribution >= 0.6 is 0 Å². The third-order valence-electron chi connectivity index (χ3n) is 2.75. The molecule has 4 nitrogen and oxygen atoms in total. The van der Waals surface area contributed by atoms with Gasteiger partial charge in [0, 0.05) is 24.8 Å². The summed E-state index contributed by atoms with van der Waals surface area (Å²) in [7, 11) is 4.21. The second-order valence-corrected chi connectivity index (χ2v) is 5.90. The zero-order chi connectivity index (χ0) is 13.8. The van der Waals surface area contributed by atoms with Gasteiger partial charge in [0.05, 0.1) is 0 Å². The maximum absolute atomic E-state index is 4.43. The van der Waals surface area contributed by atoms with Crippen LogP contribution in [0.2, 0.25) is 0 Å². The molecule has 0 atom stereocenters. The first-order chi connectivity index (χ1) is 8.32. The average molecular weight is 250 g/mol. The van der Waals surface area contributed by atoms with E-state index >= 15 is 0 Å². The maximum atomic E-state index is 4.43. The van der Waals surface area contributed by atoms with Crippen molar-refractivity contribution in [3.05, 3.63) is 17.6 Å². The molecule has 0 saturated carbocycles. The Morgan fingerprint density at radius 2 is 1.94 bits per heavy atom. The number of aromatic nitrogens is 2. The minimum absolute atomic E-state index is 0.217. The predicted octanol–water partition coefficient (Wildman–Crippen LogP) is 2.35. The second-order valence-electron chi connectivity index (χ2n) is 5.90. The van der Waals surface area contributed by atoms with E-state index in [4.69, 9.17) is 0 Å². The summed E-state index contributed by atoms with van der Waals surface area (Å²) in [5.41, 5.74) is 1.31. The van der Waals surface area contributed by atoms with Crippen LogP contribution in [-0.2, 0) is 6.42 Å². The number of aryl methyl sites for hydroxylation is 2. The number of anilines is 1. The van der Waals surface area contributed by atoms with Crippen molar-refractivity contribution in [2.75, 3.05) is 32.5 Å². The van der Waals surface area contributed by atoms with Crippen LogP contribution in [0.3, 0.4) is 0 Å². The Hall–Kier alpha value is -1.16. The van der Waals surface area contributed by atoms with Crippen molar-refractivity contribution in [3.63, 3.8) is 0 Å². The lowest BCUT2D eigenvalue weighted by Crippen LogP contribution is -2.34. The smallest absolute Gasteiger partial charge is 0.129 e.